The molecule has 0 fully saturated rings. The van der Waals surface area contributed by atoms with Crippen LogP contribution in [0.15, 0.2) is 17.2 Å². The zero-order valence-corrected chi connectivity index (χ0v) is 8.32. The Hall–Kier alpha value is -0.500. The standard InChI is InChI=1S/C10H13NS/c1-7-3-4-8-10(7)9(12-2)5-6-11-8/h5-7H,3-4H2,1-2H3. The Morgan fingerprint density at radius 3 is 3.17 bits per heavy atom. The summed E-state index contributed by atoms with van der Waals surface area (Å²) in [4.78, 5) is 5.83. The maximum absolute atomic E-state index is 4.40. The lowest BCUT2D eigenvalue weighted by atomic mass is 10.1. The highest BCUT2D eigenvalue weighted by molar-refractivity contribution is 7.98. The molecule has 1 atom stereocenters. The minimum atomic E-state index is 0.719. The van der Waals surface area contributed by atoms with Crippen LogP contribution in [-0.2, 0) is 6.42 Å². The van der Waals surface area contributed by atoms with Gasteiger partial charge in [0.25, 0.3) is 0 Å². The summed E-state index contributed by atoms with van der Waals surface area (Å²) in [6.45, 7) is 2.30. The highest BCUT2D eigenvalue weighted by Gasteiger charge is 2.22. The van der Waals surface area contributed by atoms with E-state index in [0.717, 1.165) is 5.92 Å². The van der Waals surface area contributed by atoms with Gasteiger partial charge in [0.15, 0.2) is 0 Å². The van der Waals surface area contributed by atoms with Gasteiger partial charge >= 0.3 is 0 Å². The maximum Gasteiger partial charge on any atom is 0.0449 e. The second kappa shape index (κ2) is 3.09. The second-order valence-corrected chi connectivity index (χ2v) is 4.16. The van der Waals surface area contributed by atoms with E-state index in [0.29, 0.717) is 0 Å². The van der Waals surface area contributed by atoms with Crippen LogP contribution in [0.4, 0.5) is 0 Å². The van der Waals surface area contributed by atoms with Crippen LogP contribution < -0.4 is 0 Å². The molecule has 0 bridgehead atoms. The monoisotopic (exact) mass is 179 g/mol. The fraction of sp³-hybridized carbons (Fsp3) is 0.500. The van der Waals surface area contributed by atoms with Gasteiger partial charge in [-0.25, -0.2) is 0 Å². The molecule has 2 heteroatoms. The normalized spacial score (nSPS) is 21.0. The van der Waals surface area contributed by atoms with Crippen LogP contribution in [0, 0.1) is 0 Å². The molecule has 64 valence electrons. The largest absolute Gasteiger partial charge is 0.261 e. The lowest BCUT2D eigenvalue weighted by Gasteiger charge is -2.08. The van der Waals surface area contributed by atoms with Crippen LogP contribution in [0.1, 0.15) is 30.5 Å². The van der Waals surface area contributed by atoms with Crippen molar-refractivity contribution in [2.75, 3.05) is 6.26 Å². The third-order valence-electron chi connectivity index (χ3n) is 2.56. The first-order chi connectivity index (χ1) is 5.83. The first-order valence-corrected chi connectivity index (χ1v) is 5.57. The Bertz CT molecular complexity index is 296. The van der Waals surface area contributed by atoms with Crippen molar-refractivity contribution in [2.24, 2.45) is 0 Å². The molecule has 0 saturated heterocycles. The molecule has 1 unspecified atom stereocenters. The number of nitrogens with zero attached hydrogens (tertiary/aromatic N) is 1. The molecule has 1 aromatic heterocycles. The lowest BCUT2D eigenvalue weighted by molar-refractivity contribution is 0.738. The van der Waals surface area contributed by atoms with E-state index < -0.39 is 0 Å². The second-order valence-electron chi connectivity index (χ2n) is 3.31. The van der Waals surface area contributed by atoms with E-state index in [2.05, 4.69) is 24.2 Å². The predicted molar refractivity (Wildman–Crippen MR) is 52.8 cm³/mol. The summed E-state index contributed by atoms with van der Waals surface area (Å²) in [7, 11) is 0. The van der Waals surface area contributed by atoms with Crippen molar-refractivity contribution < 1.29 is 0 Å². The topological polar surface area (TPSA) is 12.9 Å². The SMILES string of the molecule is CSc1ccnc2c1C(C)CC2. The van der Waals surface area contributed by atoms with Crippen molar-refractivity contribution in [3.8, 4) is 0 Å². The zero-order chi connectivity index (χ0) is 8.55. The van der Waals surface area contributed by atoms with Gasteiger partial charge in [-0.15, -0.1) is 11.8 Å². The van der Waals surface area contributed by atoms with Gasteiger partial charge in [-0.05, 0) is 36.6 Å². The van der Waals surface area contributed by atoms with E-state index in [1.165, 1.54) is 29.0 Å². The van der Waals surface area contributed by atoms with Crippen molar-refractivity contribution in [3.05, 3.63) is 23.5 Å². The number of fused-ring (bicyclic) bond motifs is 1. The van der Waals surface area contributed by atoms with E-state index in [9.17, 15) is 0 Å². The molecular weight excluding hydrogens is 166 g/mol. The van der Waals surface area contributed by atoms with E-state index in [1.807, 2.05) is 18.0 Å². The Morgan fingerprint density at radius 2 is 2.42 bits per heavy atom. The zero-order valence-electron chi connectivity index (χ0n) is 7.50. The molecule has 12 heavy (non-hydrogen) atoms. The van der Waals surface area contributed by atoms with Crippen molar-refractivity contribution >= 4 is 11.8 Å². The van der Waals surface area contributed by atoms with E-state index >= 15 is 0 Å². The van der Waals surface area contributed by atoms with Gasteiger partial charge in [-0.1, -0.05) is 6.92 Å². The maximum atomic E-state index is 4.40. The van der Waals surface area contributed by atoms with Crippen molar-refractivity contribution in [3.63, 3.8) is 0 Å². The summed E-state index contributed by atoms with van der Waals surface area (Å²) in [6.07, 6.45) is 6.52. The molecule has 2 rings (SSSR count). The molecule has 0 N–H and O–H groups in total. The van der Waals surface area contributed by atoms with Crippen LogP contribution in [0.2, 0.25) is 0 Å². The Labute approximate surface area is 77.6 Å². The Kier molecular flexibility index (Phi) is 2.09. The van der Waals surface area contributed by atoms with Gasteiger partial charge in [0.2, 0.25) is 0 Å². The van der Waals surface area contributed by atoms with Gasteiger partial charge in [0.05, 0.1) is 0 Å². The fourth-order valence-electron chi connectivity index (χ4n) is 1.90. The minimum absolute atomic E-state index is 0.719. The molecule has 0 aliphatic heterocycles. The van der Waals surface area contributed by atoms with Gasteiger partial charge in [0, 0.05) is 16.8 Å². The number of thioether (sulfide) groups is 1. The van der Waals surface area contributed by atoms with Crippen molar-refractivity contribution in [2.45, 2.75) is 30.6 Å². The summed E-state index contributed by atoms with van der Waals surface area (Å²) in [5.74, 6) is 0.719. The highest BCUT2D eigenvalue weighted by atomic mass is 32.2. The molecule has 0 spiro atoms. The van der Waals surface area contributed by atoms with E-state index in [1.54, 1.807) is 0 Å². The van der Waals surface area contributed by atoms with E-state index in [4.69, 9.17) is 0 Å². The molecule has 0 saturated carbocycles. The number of hydrogen-bond acceptors (Lipinski definition) is 2. The number of rotatable bonds is 1. The van der Waals surface area contributed by atoms with Gasteiger partial charge in [0.1, 0.15) is 0 Å². The van der Waals surface area contributed by atoms with Gasteiger partial charge < -0.3 is 0 Å². The molecule has 1 aliphatic carbocycles. The molecule has 0 aromatic carbocycles. The van der Waals surface area contributed by atoms with Gasteiger partial charge in [-0.3, -0.25) is 4.98 Å². The number of pyridine rings is 1. The third-order valence-corrected chi connectivity index (χ3v) is 3.36. The number of aryl methyl sites for hydroxylation is 1. The summed E-state index contributed by atoms with van der Waals surface area (Å²) in [5, 5.41) is 0. The van der Waals surface area contributed by atoms with Crippen LogP contribution in [-0.4, -0.2) is 11.2 Å². The van der Waals surface area contributed by atoms with Crippen LogP contribution in [0.25, 0.3) is 0 Å². The summed E-state index contributed by atoms with van der Waals surface area (Å²) >= 11 is 1.84. The molecular formula is C10H13NS. The van der Waals surface area contributed by atoms with Crippen LogP contribution in [0.5, 0.6) is 0 Å². The quantitative estimate of drug-likeness (QED) is 0.615. The first-order valence-electron chi connectivity index (χ1n) is 4.34. The summed E-state index contributed by atoms with van der Waals surface area (Å²) < 4.78 is 0. The van der Waals surface area contributed by atoms with Crippen molar-refractivity contribution in [1.82, 2.24) is 4.98 Å². The average Bonchev–Trinajstić information content (AvgIpc) is 2.48. The Balaban J connectivity index is 2.53. The molecule has 1 heterocycles. The first kappa shape index (κ1) is 8.11. The predicted octanol–water partition coefficient (Wildman–Crippen LogP) is 2.85. The molecule has 0 amide bonds. The van der Waals surface area contributed by atoms with E-state index in [-0.39, 0.29) is 0 Å². The third kappa shape index (κ3) is 1.14. The Morgan fingerprint density at radius 1 is 1.58 bits per heavy atom. The highest BCUT2D eigenvalue weighted by Crippen LogP contribution is 2.37. The minimum Gasteiger partial charge on any atom is -0.261 e. The number of hydrogen-bond donors (Lipinski definition) is 0. The fourth-order valence-corrected chi connectivity index (χ4v) is 2.63. The van der Waals surface area contributed by atoms with Gasteiger partial charge in [-0.2, -0.15) is 0 Å². The smallest absolute Gasteiger partial charge is 0.0449 e. The van der Waals surface area contributed by atoms with Crippen molar-refractivity contribution in [1.29, 1.82) is 0 Å². The molecule has 1 aliphatic rings. The molecule has 1 aromatic rings. The lowest BCUT2D eigenvalue weighted by Crippen LogP contribution is -1.92. The average molecular weight is 179 g/mol. The van der Waals surface area contributed by atoms with Crippen LogP contribution >= 0.6 is 11.8 Å². The van der Waals surface area contributed by atoms with Crippen LogP contribution in [0.3, 0.4) is 0 Å². The summed E-state index contributed by atoms with van der Waals surface area (Å²) in [5.41, 5.74) is 2.83. The molecule has 0 radical (unpaired) electrons. The number of aromatic nitrogens is 1. The molecule has 1 nitrogen and oxygen atoms in total. The summed E-state index contributed by atoms with van der Waals surface area (Å²) in [6, 6.07) is 2.13.